The van der Waals surface area contributed by atoms with Crippen LogP contribution in [0.3, 0.4) is 0 Å². The number of nitrogens with one attached hydrogen (secondary N) is 1. The molecule has 2 rings (SSSR count). The molecule has 0 unspecified atom stereocenters. The van der Waals surface area contributed by atoms with E-state index in [1.54, 1.807) is 30.3 Å². The van der Waals surface area contributed by atoms with Gasteiger partial charge in [-0.05, 0) is 36.8 Å². The lowest BCUT2D eigenvalue weighted by Gasteiger charge is -2.13. The number of hydrogen-bond donors (Lipinski definition) is 2. The molecule has 2 aromatic carbocycles. The maximum atomic E-state index is 12.2. The third-order valence-corrected chi connectivity index (χ3v) is 2.97. The van der Waals surface area contributed by atoms with Gasteiger partial charge >= 0.3 is 5.97 Å². The van der Waals surface area contributed by atoms with Crippen molar-refractivity contribution in [1.29, 1.82) is 0 Å². The fourth-order valence-corrected chi connectivity index (χ4v) is 1.88. The number of aromatic carboxylic acids is 1. The number of carbonyl (C=O) groups excluding carboxylic acids is 1. The summed E-state index contributed by atoms with van der Waals surface area (Å²) in [5.74, 6) is -0.919. The normalized spacial score (nSPS) is 10.0. The van der Waals surface area contributed by atoms with E-state index in [0.717, 1.165) is 6.42 Å². The number of hydrogen-bond acceptors (Lipinski definition) is 3. The van der Waals surface area contributed by atoms with Crippen LogP contribution in [0, 0.1) is 0 Å². The first-order valence-electron chi connectivity index (χ1n) is 6.98. The molecule has 22 heavy (non-hydrogen) atoms. The maximum absolute atomic E-state index is 12.2. The predicted octanol–water partition coefficient (Wildman–Crippen LogP) is 3.43. The summed E-state index contributed by atoms with van der Waals surface area (Å²) in [6, 6.07) is 13.1. The third kappa shape index (κ3) is 3.85. The average Bonchev–Trinajstić information content (AvgIpc) is 2.54. The second-order valence-corrected chi connectivity index (χ2v) is 4.68. The van der Waals surface area contributed by atoms with E-state index in [9.17, 15) is 9.59 Å². The molecule has 2 N–H and O–H groups in total. The Morgan fingerprint density at radius 2 is 1.82 bits per heavy atom. The van der Waals surface area contributed by atoms with Crippen molar-refractivity contribution in [3.05, 3.63) is 59.7 Å². The molecule has 0 saturated heterocycles. The number of carboxylic acids is 1. The topological polar surface area (TPSA) is 75.6 Å². The summed E-state index contributed by atoms with van der Waals surface area (Å²) in [6.07, 6.45) is 0.812. The summed E-state index contributed by atoms with van der Waals surface area (Å²) in [6.45, 7) is 2.45. The van der Waals surface area contributed by atoms with Gasteiger partial charge in [-0.3, -0.25) is 4.79 Å². The molecule has 5 nitrogen and oxygen atoms in total. The van der Waals surface area contributed by atoms with Crippen LogP contribution in [0.2, 0.25) is 0 Å². The molecule has 0 atom stereocenters. The Labute approximate surface area is 128 Å². The van der Waals surface area contributed by atoms with Gasteiger partial charge in [0.25, 0.3) is 5.91 Å². The van der Waals surface area contributed by atoms with Crippen molar-refractivity contribution in [2.24, 2.45) is 0 Å². The van der Waals surface area contributed by atoms with Crippen LogP contribution in [-0.4, -0.2) is 23.6 Å². The van der Waals surface area contributed by atoms with Crippen molar-refractivity contribution in [2.75, 3.05) is 11.9 Å². The van der Waals surface area contributed by atoms with Crippen LogP contribution in [0.5, 0.6) is 5.75 Å². The molecule has 0 spiro atoms. The standard InChI is InChI=1S/C17H17NO4/c1-2-10-22-15-9-8-13(17(20)21)11-14(15)18-16(19)12-6-4-3-5-7-12/h3-9,11H,2,10H2,1H3,(H,18,19)(H,20,21). The van der Waals surface area contributed by atoms with Gasteiger partial charge < -0.3 is 15.2 Å². The van der Waals surface area contributed by atoms with E-state index in [4.69, 9.17) is 9.84 Å². The molecule has 0 aliphatic rings. The number of benzene rings is 2. The van der Waals surface area contributed by atoms with Crippen LogP contribution in [0.1, 0.15) is 34.1 Å². The van der Waals surface area contributed by atoms with Gasteiger partial charge in [0.2, 0.25) is 0 Å². The number of anilines is 1. The summed E-state index contributed by atoms with van der Waals surface area (Å²) in [4.78, 5) is 23.3. The Bertz CT molecular complexity index is 668. The zero-order valence-electron chi connectivity index (χ0n) is 12.2. The highest BCUT2D eigenvalue weighted by molar-refractivity contribution is 6.05. The van der Waals surface area contributed by atoms with Gasteiger partial charge in [-0.2, -0.15) is 0 Å². The molecule has 0 aliphatic carbocycles. The fourth-order valence-electron chi connectivity index (χ4n) is 1.88. The maximum Gasteiger partial charge on any atom is 0.335 e. The highest BCUT2D eigenvalue weighted by Gasteiger charge is 2.13. The average molecular weight is 299 g/mol. The van der Waals surface area contributed by atoms with Gasteiger partial charge in [-0.25, -0.2) is 4.79 Å². The lowest BCUT2D eigenvalue weighted by atomic mass is 10.1. The predicted molar refractivity (Wildman–Crippen MR) is 83.6 cm³/mol. The van der Waals surface area contributed by atoms with Gasteiger partial charge in [0.15, 0.2) is 0 Å². The zero-order valence-corrected chi connectivity index (χ0v) is 12.2. The van der Waals surface area contributed by atoms with Crippen LogP contribution in [0.15, 0.2) is 48.5 Å². The molecule has 0 heterocycles. The molecule has 114 valence electrons. The van der Waals surface area contributed by atoms with Crippen LogP contribution in [0.25, 0.3) is 0 Å². The first-order valence-corrected chi connectivity index (χ1v) is 6.98. The van der Waals surface area contributed by atoms with E-state index in [0.29, 0.717) is 23.6 Å². The minimum Gasteiger partial charge on any atom is -0.491 e. The Morgan fingerprint density at radius 1 is 1.09 bits per heavy atom. The third-order valence-electron chi connectivity index (χ3n) is 2.97. The second-order valence-electron chi connectivity index (χ2n) is 4.68. The number of amides is 1. The van der Waals surface area contributed by atoms with Crippen molar-refractivity contribution < 1.29 is 19.4 Å². The van der Waals surface area contributed by atoms with E-state index in [1.807, 2.05) is 13.0 Å². The lowest BCUT2D eigenvalue weighted by Crippen LogP contribution is -2.13. The minimum absolute atomic E-state index is 0.0900. The van der Waals surface area contributed by atoms with E-state index in [1.165, 1.54) is 12.1 Å². The monoisotopic (exact) mass is 299 g/mol. The van der Waals surface area contributed by atoms with Gasteiger partial charge in [0, 0.05) is 5.56 Å². The highest BCUT2D eigenvalue weighted by Crippen LogP contribution is 2.26. The molecule has 0 aliphatic heterocycles. The molecule has 0 fully saturated rings. The number of rotatable bonds is 6. The quantitative estimate of drug-likeness (QED) is 0.857. The molecule has 0 bridgehead atoms. The summed E-state index contributed by atoms with van der Waals surface area (Å²) in [5, 5.41) is 11.8. The molecule has 0 aromatic heterocycles. The summed E-state index contributed by atoms with van der Waals surface area (Å²) < 4.78 is 5.55. The van der Waals surface area contributed by atoms with E-state index in [-0.39, 0.29) is 11.5 Å². The molecule has 2 aromatic rings. The molecule has 0 saturated carbocycles. The van der Waals surface area contributed by atoms with E-state index >= 15 is 0 Å². The first-order chi connectivity index (χ1) is 10.6. The Hall–Kier alpha value is -2.82. The summed E-state index contributed by atoms with van der Waals surface area (Å²) in [7, 11) is 0. The van der Waals surface area contributed by atoms with Crippen molar-refractivity contribution in [3.8, 4) is 5.75 Å². The molecular weight excluding hydrogens is 282 g/mol. The summed E-state index contributed by atoms with van der Waals surface area (Å²) >= 11 is 0. The molecule has 5 heteroatoms. The fraction of sp³-hybridized carbons (Fsp3) is 0.176. The largest absolute Gasteiger partial charge is 0.491 e. The zero-order chi connectivity index (χ0) is 15.9. The molecule has 0 radical (unpaired) electrons. The Balaban J connectivity index is 2.28. The van der Waals surface area contributed by atoms with Crippen LogP contribution < -0.4 is 10.1 Å². The van der Waals surface area contributed by atoms with Gasteiger partial charge in [0.05, 0.1) is 17.9 Å². The Kier molecular flexibility index (Phi) is 5.14. The van der Waals surface area contributed by atoms with Crippen molar-refractivity contribution in [2.45, 2.75) is 13.3 Å². The SMILES string of the molecule is CCCOc1ccc(C(=O)O)cc1NC(=O)c1ccccc1. The van der Waals surface area contributed by atoms with Gasteiger partial charge in [0.1, 0.15) is 5.75 Å². The minimum atomic E-state index is -1.06. The molecule has 1 amide bonds. The van der Waals surface area contributed by atoms with Crippen molar-refractivity contribution in [3.63, 3.8) is 0 Å². The van der Waals surface area contributed by atoms with Crippen molar-refractivity contribution >= 4 is 17.6 Å². The van der Waals surface area contributed by atoms with Gasteiger partial charge in [-0.1, -0.05) is 25.1 Å². The van der Waals surface area contributed by atoms with Crippen molar-refractivity contribution in [1.82, 2.24) is 0 Å². The molecular formula is C17H17NO4. The Morgan fingerprint density at radius 3 is 2.45 bits per heavy atom. The number of carbonyl (C=O) groups is 2. The van der Waals surface area contributed by atoms with E-state index < -0.39 is 5.97 Å². The van der Waals surface area contributed by atoms with Crippen LogP contribution in [-0.2, 0) is 0 Å². The van der Waals surface area contributed by atoms with E-state index in [2.05, 4.69) is 5.32 Å². The van der Waals surface area contributed by atoms with Crippen LogP contribution in [0.4, 0.5) is 5.69 Å². The number of ether oxygens (including phenoxy) is 1. The number of carboxylic acid groups (broad SMARTS) is 1. The highest BCUT2D eigenvalue weighted by atomic mass is 16.5. The van der Waals surface area contributed by atoms with Gasteiger partial charge in [-0.15, -0.1) is 0 Å². The lowest BCUT2D eigenvalue weighted by molar-refractivity contribution is 0.0696. The smallest absolute Gasteiger partial charge is 0.335 e. The van der Waals surface area contributed by atoms with Crippen LogP contribution >= 0.6 is 0 Å². The summed E-state index contributed by atoms with van der Waals surface area (Å²) in [5.41, 5.74) is 0.930. The first kappa shape index (κ1) is 15.6. The second kappa shape index (κ2) is 7.26.